The highest BCUT2D eigenvalue weighted by molar-refractivity contribution is 14.1. The Kier molecular flexibility index (Phi) is 5.30. The average molecular weight is 533 g/mol. The van der Waals surface area contributed by atoms with Crippen molar-refractivity contribution in [3.05, 3.63) is 97.7 Å². The van der Waals surface area contributed by atoms with E-state index in [0.717, 1.165) is 25.7 Å². The van der Waals surface area contributed by atoms with Crippen LogP contribution in [0.4, 0.5) is 0 Å². The molecule has 0 unspecified atom stereocenters. The summed E-state index contributed by atoms with van der Waals surface area (Å²) in [6.07, 6.45) is 3.92. The van der Waals surface area contributed by atoms with Crippen molar-refractivity contribution in [3.8, 4) is 11.4 Å². The molecule has 2 aromatic heterocycles. The number of rotatable bonds is 4. The maximum Gasteiger partial charge on any atom is 0.266 e. The number of aromatic amines is 1. The van der Waals surface area contributed by atoms with Crippen molar-refractivity contribution in [2.24, 2.45) is 0 Å². The van der Waals surface area contributed by atoms with Crippen LogP contribution in [0.25, 0.3) is 39.6 Å². The number of hydrogen-bond donors (Lipinski definition) is 1. The van der Waals surface area contributed by atoms with Gasteiger partial charge in [0.1, 0.15) is 11.6 Å². The smallest absolute Gasteiger partial charge is 0.266 e. The molecule has 0 saturated heterocycles. The molecular formula is C26H20IN3O2. The molecule has 0 aliphatic heterocycles. The Hall–Kier alpha value is -3.39. The van der Waals surface area contributed by atoms with E-state index in [2.05, 4.69) is 39.7 Å². The number of methoxy groups -OCH3 is 1. The summed E-state index contributed by atoms with van der Waals surface area (Å²) in [5, 5.41) is 1.71. The fourth-order valence-electron chi connectivity index (χ4n) is 3.96. The normalized spacial score (nSPS) is 11.6. The molecule has 0 atom stereocenters. The van der Waals surface area contributed by atoms with Crippen LogP contribution >= 0.6 is 22.6 Å². The van der Waals surface area contributed by atoms with Crippen LogP contribution in [0.15, 0.2) is 71.5 Å². The number of nitrogens with zero attached hydrogens (tertiary/aromatic N) is 2. The van der Waals surface area contributed by atoms with Gasteiger partial charge in [-0.1, -0.05) is 24.3 Å². The predicted octanol–water partition coefficient (Wildman–Crippen LogP) is 5.96. The molecule has 0 bridgehead atoms. The Bertz CT molecular complexity index is 1560. The fraction of sp³-hybridized carbons (Fsp3) is 0.0769. The number of nitrogens with one attached hydrogen (secondary N) is 1. The summed E-state index contributed by atoms with van der Waals surface area (Å²) >= 11 is 2.21. The second-order valence-corrected chi connectivity index (χ2v) is 8.76. The largest absolute Gasteiger partial charge is 0.497 e. The second-order valence-electron chi connectivity index (χ2n) is 7.52. The summed E-state index contributed by atoms with van der Waals surface area (Å²) in [4.78, 5) is 21.8. The minimum atomic E-state index is -0.114. The Balaban J connectivity index is 1.76. The van der Waals surface area contributed by atoms with E-state index in [1.165, 1.54) is 0 Å². The molecule has 0 amide bonds. The van der Waals surface area contributed by atoms with Gasteiger partial charge in [0, 0.05) is 31.8 Å². The molecule has 0 aliphatic carbocycles. The number of halogens is 1. The molecule has 0 saturated carbocycles. The van der Waals surface area contributed by atoms with Crippen molar-refractivity contribution in [3.63, 3.8) is 0 Å². The molecular weight excluding hydrogens is 513 g/mol. The summed E-state index contributed by atoms with van der Waals surface area (Å²) in [7, 11) is 1.61. The molecule has 158 valence electrons. The lowest BCUT2D eigenvalue weighted by atomic mass is 10.1. The third kappa shape index (κ3) is 3.60. The number of hydrogen-bond acceptors (Lipinski definition) is 3. The lowest BCUT2D eigenvalue weighted by Gasteiger charge is -2.12. The molecule has 5 nitrogen and oxygen atoms in total. The van der Waals surface area contributed by atoms with Gasteiger partial charge >= 0.3 is 0 Å². The molecule has 2 heterocycles. The van der Waals surface area contributed by atoms with Crippen molar-refractivity contribution >= 4 is 56.5 Å². The van der Waals surface area contributed by atoms with Crippen LogP contribution in [0.1, 0.15) is 17.1 Å². The summed E-state index contributed by atoms with van der Waals surface area (Å²) in [6.45, 7) is 2.05. The predicted molar refractivity (Wildman–Crippen MR) is 139 cm³/mol. The fourth-order valence-corrected chi connectivity index (χ4v) is 4.45. The monoisotopic (exact) mass is 533 g/mol. The Morgan fingerprint density at radius 1 is 1.00 bits per heavy atom. The Morgan fingerprint density at radius 2 is 1.84 bits per heavy atom. The zero-order chi connectivity index (χ0) is 22.2. The zero-order valence-electron chi connectivity index (χ0n) is 17.6. The van der Waals surface area contributed by atoms with E-state index in [0.29, 0.717) is 28.2 Å². The van der Waals surface area contributed by atoms with Crippen molar-refractivity contribution in [2.75, 3.05) is 7.11 Å². The van der Waals surface area contributed by atoms with Crippen molar-refractivity contribution < 1.29 is 4.74 Å². The molecule has 5 rings (SSSR count). The molecule has 0 fully saturated rings. The third-order valence-electron chi connectivity index (χ3n) is 5.51. The van der Waals surface area contributed by atoms with Gasteiger partial charge in [-0.15, -0.1) is 0 Å². The minimum Gasteiger partial charge on any atom is -0.497 e. The number of aryl methyl sites for hydroxylation is 1. The summed E-state index contributed by atoms with van der Waals surface area (Å²) in [5.41, 5.74) is 4.48. The number of aromatic nitrogens is 3. The van der Waals surface area contributed by atoms with E-state index in [1.807, 2.05) is 73.7 Å². The van der Waals surface area contributed by atoms with Gasteiger partial charge in [0.25, 0.3) is 5.56 Å². The maximum absolute atomic E-state index is 13.6. The van der Waals surface area contributed by atoms with Crippen LogP contribution in [0.3, 0.4) is 0 Å². The molecule has 0 aliphatic rings. The highest BCUT2D eigenvalue weighted by atomic mass is 127. The van der Waals surface area contributed by atoms with E-state index in [-0.39, 0.29) is 5.56 Å². The lowest BCUT2D eigenvalue weighted by Crippen LogP contribution is -2.22. The topological polar surface area (TPSA) is 59.9 Å². The first kappa shape index (κ1) is 20.5. The molecule has 5 aromatic rings. The number of H-pyrrole nitrogens is 1. The lowest BCUT2D eigenvalue weighted by molar-refractivity contribution is 0.414. The molecule has 32 heavy (non-hydrogen) atoms. The van der Waals surface area contributed by atoms with Gasteiger partial charge in [-0.25, -0.2) is 4.98 Å². The average Bonchev–Trinajstić information content (AvgIpc) is 3.13. The van der Waals surface area contributed by atoms with Gasteiger partial charge in [-0.3, -0.25) is 9.36 Å². The van der Waals surface area contributed by atoms with E-state index in [4.69, 9.17) is 9.72 Å². The quantitative estimate of drug-likeness (QED) is 0.290. The Morgan fingerprint density at radius 3 is 2.69 bits per heavy atom. The van der Waals surface area contributed by atoms with E-state index in [1.54, 1.807) is 11.7 Å². The van der Waals surface area contributed by atoms with E-state index >= 15 is 0 Å². The molecule has 3 aromatic carbocycles. The molecule has 0 radical (unpaired) electrons. The van der Waals surface area contributed by atoms with Crippen LogP contribution in [-0.2, 0) is 0 Å². The van der Waals surface area contributed by atoms with Gasteiger partial charge in [-0.2, -0.15) is 0 Å². The van der Waals surface area contributed by atoms with E-state index in [9.17, 15) is 4.79 Å². The van der Waals surface area contributed by atoms with Gasteiger partial charge in [0.05, 0.1) is 23.7 Å². The van der Waals surface area contributed by atoms with Gasteiger partial charge in [0.15, 0.2) is 0 Å². The van der Waals surface area contributed by atoms with Gasteiger partial charge < -0.3 is 9.72 Å². The second kappa shape index (κ2) is 8.27. The SMILES string of the molecule is COc1cccc(-n2c(/C=C/c3c(C)[nH]c4ccccc34)nc3ccc(I)cc3c2=O)c1. The first-order chi connectivity index (χ1) is 15.5. The third-order valence-corrected chi connectivity index (χ3v) is 6.18. The number of fused-ring (bicyclic) bond motifs is 2. The number of ether oxygens (including phenoxy) is 1. The summed E-state index contributed by atoms with van der Waals surface area (Å²) in [6, 6.07) is 21.4. The van der Waals surface area contributed by atoms with Crippen molar-refractivity contribution in [1.82, 2.24) is 14.5 Å². The van der Waals surface area contributed by atoms with Crippen LogP contribution in [0, 0.1) is 10.5 Å². The van der Waals surface area contributed by atoms with Gasteiger partial charge in [-0.05, 0) is 78.1 Å². The number of para-hydroxylation sites is 1. The minimum absolute atomic E-state index is 0.114. The summed E-state index contributed by atoms with van der Waals surface area (Å²) < 4.78 is 8.02. The van der Waals surface area contributed by atoms with Crippen LogP contribution in [-0.4, -0.2) is 21.6 Å². The van der Waals surface area contributed by atoms with Crippen molar-refractivity contribution in [2.45, 2.75) is 6.92 Å². The van der Waals surface area contributed by atoms with Crippen LogP contribution < -0.4 is 10.3 Å². The van der Waals surface area contributed by atoms with Crippen LogP contribution in [0.5, 0.6) is 5.75 Å². The van der Waals surface area contributed by atoms with Gasteiger partial charge in [0.2, 0.25) is 0 Å². The molecule has 6 heteroatoms. The highest BCUT2D eigenvalue weighted by Gasteiger charge is 2.13. The first-order valence-electron chi connectivity index (χ1n) is 10.2. The highest BCUT2D eigenvalue weighted by Crippen LogP contribution is 2.25. The standard InChI is InChI=1S/C26H20IN3O2/c1-16-20(21-8-3-4-9-23(21)28-16)11-13-25-29-24-12-10-17(27)14-22(24)26(31)30(25)18-6-5-7-19(15-18)32-2/h3-15,28H,1-2H3/b13-11+. The number of benzene rings is 3. The first-order valence-corrected chi connectivity index (χ1v) is 11.2. The van der Waals surface area contributed by atoms with Crippen LogP contribution in [0.2, 0.25) is 0 Å². The Labute approximate surface area is 198 Å². The van der Waals surface area contributed by atoms with Crippen molar-refractivity contribution in [1.29, 1.82) is 0 Å². The zero-order valence-corrected chi connectivity index (χ0v) is 19.8. The molecule has 0 spiro atoms. The van der Waals surface area contributed by atoms with E-state index < -0.39 is 0 Å². The summed E-state index contributed by atoms with van der Waals surface area (Å²) in [5.74, 6) is 1.24. The maximum atomic E-state index is 13.6. The molecule has 1 N–H and O–H groups in total.